The van der Waals surface area contributed by atoms with Crippen molar-refractivity contribution in [3.05, 3.63) is 81.1 Å². The summed E-state index contributed by atoms with van der Waals surface area (Å²) in [4.78, 5) is 20.1. The third kappa shape index (κ3) is 7.24. The van der Waals surface area contributed by atoms with Gasteiger partial charge in [0, 0.05) is 29.7 Å². The zero-order valence-corrected chi connectivity index (χ0v) is 23.1. The average Bonchev–Trinajstić information content (AvgIpc) is 3.32. The number of nitrogens with one attached hydrogen (secondary N) is 4. The summed E-state index contributed by atoms with van der Waals surface area (Å²) >= 11 is 6.22. The normalized spacial score (nSPS) is 12.9. The maximum absolute atomic E-state index is 15.0. The van der Waals surface area contributed by atoms with Crippen molar-refractivity contribution in [1.29, 1.82) is 5.41 Å². The van der Waals surface area contributed by atoms with E-state index < -0.39 is 17.7 Å². The summed E-state index contributed by atoms with van der Waals surface area (Å²) in [7, 11) is 0. The molecule has 10 nitrogen and oxygen atoms in total. The number of halogens is 2. The molecule has 2 aromatic heterocycles. The smallest absolute Gasteiger partial charge is 0.354 e. The van der Waals surface area contributed by atoms with Crippen molar-refractivity contribution >= 4 is 28.6 Å². The molecule has 2 aromatic carbocycles. The number of nitrogens with zero attached hydrogens (tertiary/aromatic N) is 2. The van der Waals surface area contributed by atoms with Gasteiger partial charge in [0.15, 0.2) is 11.8 Å². The van der Waals surface area contributed by atoms with Crippen LogP contribution in [0.1, 0.15) is 43.5 Å². The summed E-state index contributed by atoms with van der Waals surface area (Å²) in [5.41, 5.74) is 20.4. The van der Waals surface area contributed by atoms with Crippen LogP contribution in [-0.4, -0.2) is 39.6 Å². The van der Waals surface area contributed by atoms with Crippen molar-refractivity contribution in [1.82, 2.24) is 25.2 Å². The Hall–Kier alpha value is -3.77. The highest BCUT2D eigenvalue weighted by atomic mass is 35.5. The third-order valence-corrected chi connectivity index (χ3v) is 6.85. The predicted octanol–water partition coefficient (Wildman–Crippen LogP) is 3.26. The van der Waals surface area contributed by atoms with Gasteiger partial charge in [0.2, 0.25) is 0 Å². The van der Waals surface area contributed by atoms with E-state index in [2.05, 4.69) is 20.6 Å². The number of benzene rings is 2. The molecule has 212 valence electrons. The van der Waals surface area contributed by atoms with Gasteiger partial charge < -0.3 is 27.5 Å². The molecule has 12 heteroatoms. The topological polar surface area (TPSA) is 177 Å². The average molecular weight is 568 g/mol. The number of aryl methyl sites for hydroxylation is 1. The van der Waals surface area contributed by atoms with Crippen molar-refractivity contribution in [3.63, 3.8) is 0 Å². The number of fused-ring (bicyclic) bond motifs is 1. The third-order valence-electron chi connectivity index (χ3n) is 6.57. The fraction of sp³-hybridized carbons (Fsp3) is 0.321. The van der Waals surface area contributed by atoms with Gasteiger partial charge in [0.25, 0.3) is 0 Å². The van der Waals surface area contributed by atoms with Crippen LogP contribution in [-0.2, 0) is 6.42 Å². The Balaban J connectivity index is 1.52. The Morgan fingerprint density at radius 2 is 1.93 bits per heavy atom. The fourth-order valence-electron chi connectivity index (χ4n) is 4.47. The number of aromatic nitrogens is 3. The highest BCUT2D eigenvalue weighted by molar-refractivity contribution is 6.31. The molecule has 0 amide bonds. The van der Waals surface area contributed by atoms with Gasteiger partial charge in [-0.25, -0.2) is 9.18 Å². The van der Waals surface area contributed by atoms with Gasteiger partial charge in [-0.05, 0) is 80.6 Å². The molecule has 0 saturated heterocycles. The maximum Gasteiger partial charge on any atom is 0.354 e. The molecular weight excluding hydrogens is 533 g/mol. The molecule has 0 unspecified atom stereocenters. The zero-order chi connectivity index (χ0) is 28.8. The van der Waals surface area contributed by atoms with Crippen LogP contribution in [0.4, 0.5) is 4.39 Å². The summed E-state index contributed by atoms with van der Waals surface area (Å²) in [6, 6.07) is 12.5. The Morgan fingerprint density at radius 1 is 1.18 bits per heavy atom. The van der Waals surface area contributed by atoms with Gasteiger partial charge in [0.1, 0.15) is 5.65 Å². The van der Waals surface area contributed by atoms with Crippen LogP contribution in [0.3, 0.4) is 0 Å². The van der Waals surface area contributed by atoms with Crippen molar-refractivity contribution in [2.45, 2.75) is 44.8 Å². The molecule has 0 aliphatic carbocycles. The second-order valence-corrected chi connectivity index (χ2v) is 10.3. The van der Waals surface area contributed by atoms with Crippen molar-refractivity contribution in [2.75, 3.05) is 13.1 Å². The van der Waals surface area contributed by atoms with E-state index in [1.807, 2.05) is 19.1 Å². The quantitative estimate of drug-likeness (QED) is 0.0594. The van der Waals surface area contributed by atoms with Crippen LogP contribution < -0.4 is 33.5 Å². The summed E-state index contributed by atoms with van der Waals surface area (Å²) in [5.74, 6) is -0.594. The Labute approximate surface area is 236 Å². The first-order valence-electron chi connectivity index (χ1n) is 13.2. The molecule has 10 N–H and O–H groups in total. The first-order chi connectivity index (χ1) is 19.1. The number of H-pyrrole nitrogens is 1. The van der Waals surface area contributed by atoms with E-state index in [9.17, 15) is 4.79 Å². The molecule has 0 aliphatic rings. The Kier molecular flexibility index (Phi) is 9.54. The van der Waals surface area contributed by atoms with E-state index in [4.69, 9.17) is 34.2 Å². The second-order valence-electron chi connectivity index (χ2n) is 9.91. The lowest BCUT2D eigenvalue weighted by Crippen LogP contribution is -2.34. The molecule has 2 atom stereocenters. The van der Waals surface area contributed by atoms with Crippen LogP contribution in [0.15, 0.2) is 53.5 Å². The van der Waals surface area contributed by atoms with Gasteiger partial charge in [0.05, 0.1) is 22.6 Å². The molecule has 0 fully saturated rings. The zero-order valence-electron chi connectivity index (χ0n) is 22.3. The molecule has 0 radical (unpaired) electrons. The SMILES string of the molecule is C[C@H](N)CCCc1cc(Cl)c(F)c(-c2cc3cn(-c4ccc([C@H](N)NCCCNC(=N)N)cc4)c(=O)nc3[nH]2)c1. The molecule has 0 bridgehead atoms. The first-order valence-corrected chi connectivity index (χ1v) is 13.5. The van der Waals surface area contributed by atoms with E-state index in [0.717, 1.165) is 36.8 Å². The summed E-state index contributed by atoms with van der Waals surface area (Å²) in [6.07, 6.45) is 4.48. The van der Waals surface area contributed by atoms with Crippen LogP contribution in [0, 0.1) is 11.2 Å². The van der Waals surface area contributed by atoms with Crippen LogP contribution in [0.25, 0.3) is 28.0 Å². The fourth-order valence-corrected chi connectivity index (χ4v) is 4.71. The van der Waals surface area contributed by atoms with E-state index in [0.29, 0.717) is 41.1 Å². The first kappa shape index (κ1) is 29.2. The highest BCUT2D eigenvalue weighted by Gasteiger charge is 2.16. The summed E-state index contributed by atoms with van der Waals surface area (Å²) in [5, 5.41) is 13.8. The molecule has 4 rings (SSSR count). The van der Waals surface area contributed by atoms with Gasteiger partial charge in [-0.1, -0.05) is 23.7 Å². The van der Waals surface area contributed by atoms with Gasteiger partial charge in [-0.3, -0.25) is 15.3 Å². The van der Waals surface area contributed by atoms with E-state index in [1.165, 1.54) is 4.57 Å². The maximum atomic E-state index is 15.0. The van der Waals surface area contributed by atoms with Gasteiger partial charge in [-0.2, -0.15) is 4.98 Å². The monoisotopic (exact) mass is 567 g/mol. The van der Waals surface area contributed by atoms with Crippen molar-refractivity contribution < 1.29 is 4.39 Å². The number of hydrogen-bond acceptors (Lipinski definition) is 6. The molecule has 0 aliphatic heterocycles. The van der Waals surface area contributed by atoms with Gasteiger partial charge in [-0.15, -0.1) is 0 Å². The largest absolute Gasteiger partial charge is 0.370 e. The second kappa shape index (κ2) is 13.1. The van der Waals surface area contributed by atoms with Crippen LogP contribution in [0.2, 0.25) is 5.02 Å². The highest BCUT2D eigenvalue weighted by Crippen LogP contribution is 2.31. The lowest BCUT2D eigenvalue weighted by Gasteiger charge is -2.15. The van der Waals surface area contributed by atoms with Crippen molar-refractivity contribution in [2.24, 2.45) is 17.2 Å². The van der Waals surface area contributed by atoms with Gasteiger partial charge >= 0.3 is 5.69 Å². The number of guanidine groups is 1. The lowest BCUT2D eigenvalue weighted by molar-refractivity contribution is 0.536. The standard InChI is InChI=1S/C28H35ClFN9O/c1-16(31)4-2-5-17-12-21(24(30)22(29)13-17)23-14-19-15-39(28(40)38-26(19)37-23)20-8-6-18(7-9-20)25(32)35-10-3-11-36-27(33)34/h6-9,12-16,25,35H,2-5,10-11,31-32H2,1H3,(H4,33,34,36)(H,37,38,40)/t16-,25+/m0/s1. The molecule has 0 saturated carbocycles. The van der Waals surface area contributed by atoms with Crippen LogP contribution in [0.5, 0.6) is 0 Å². The molecule has 2 heterocycles. The Bertz CT molecular complexity index is 1530. The molecule has 0 spiro atoms. The number of aromatic amines is 1. The minimum Gasteiger partial charge on any atom is -0.370 e. The minimum atomic E-state index is -0.532. The number of hydrogen-bond donors (Lipinski definition) is 7. The van der Waals surface area contributed by atoms with Crippen LogP contribution >= 0.6 is 11.6 Å². The Morgan fingerprint density at radius 3 is 2.62 bits per heavy atom. The summed E-state index contributed by atoms with van der Waals surface area (Å²) < 4.78 is 16.5. The molecule has 40 heavy (non-hydrogen) atoms. The minimum absolute atomic E-state index is 0.0417. The van der Waals surface area contributed by atoms with E-state index >= 15 is 4.39 Å². The van der Waals surface area contributed by atoms with Crippen molar-refractivity contribution in [3.8, 4) is 16.9 Å². The lowest BCUT2D eigenvalue weighted by atomic mass is 10.0. The number of rotatable bonds is 12. The van der Waals surface area contributed by atoms with E-state index in [-0.39, 0.29) is 17.0 Å². The number of nitrogens with two attached hydrogens (primary N) is 3. The predicted molar refractivity (Wildman–Crippen MR) is 158 cm³/mol. The van der Waals surface area contributed by atoms with E-state index in [1.54, 1.807) is 36.5 Å². The molecule has 4 aromatic rings. The summed E-state index contributed by atoms with van der Waals surface area (Å²) in [6.45, 7) is 3.17. The molecular formula is C28H35ClFN9O.